The van der Waals surface area contributed by atoms with Gasteiger partial charge in [-0.25, -0.2) is 0 Å². The van der Waals surface area contributed by atoms with Crippen molar-refractivity contribution >= 4 is 15.9 Å². The monoisotopic (exact) mass is 290 g/mol. The molecule has 0 rings (SSSR count). The molecule has 0 saturated carbocycles. The highest BCUT2D eigenvalue weighted by molar-refractivity contribution is 7.51. The molecule has 4 N–H and O–H groups in total. The Labute approximate surface area is 103 Å². The molecule has 106 valence electrons. The Bertz CT molecular complexity index is 224. The maximum absolute atomic E-state index is 10.5. The minimum atomic E-state index is -3.73. The molecule has 8 heteroatoms. The lowest BCUT2D eigenvalue weighted by molar-refractivity contribution is 0.370. The molecule has 0 amide bonds. The summed E-state index contributed by atoms with van der Waals surface area (Å²) >= 11 is 0. The molecule has 0 spiro atoms. The van der Waals surface area contributed by atoms with Gasteiger partial charge >= 0.3 is 15.9 Å². The molecule has 0 atom stereocenters. The molecule has 17 heavy (non-hydrogen) atoms. The first-order valence-electron chi connectivity index (χ1n) is 5.76. The van der Waals surface area contributed by atoms with Crippen LogP contribution in [-0.4, -0.2) is 25.7 Å². The number of hydrogen-bond acceptors (Lipinski definition) is 2. The van der Waals surface area contributed by atoms with Crippen LogP contribution in [0.25, 0.3) is 0 Å². The van der Waals surface area contributed by atoms with Gasteiger partial charge in [-0.15, -0.1) is 0 Å². The smallest absolute Gasteiger partial charge is 0.325 e. The van der Waals surface area contributed by atoms with Gasteiger partial charge in [0, 0.05) is 6.16 Å². The summed E-state index contributed by atoms with van der Waals surface area (Å²) in [5.41, 5.74) is 0. The highest BCUT2D eigenvalue weighted by Gasteiger charge is 2.10. The topological polar surface area (TPSA) is 115 Å². The molecule has 0 radical (unpaired) electrons. The van der Waals surface area contributed by atoms with Crippen LogP contribution in [0.3, 0.4) is 0 Å². The third kappa shape index (κ3) is 31.4. The minimum Gasteiger partial charge on any atom is -0.326 e. The van der Waals surface area contributed by atoms with Gasteiger partial charge in [0.05, 0.1) is 0 Å². The van der Waals surface area contributed by atoms with Gasteiger partial charge in [-0.3, -0.25) is 9.13 Å². The van der Waals surface area contributed by atoms with Gasteiger partial charge in [0.25, 0.3) is 0 Å². The van der Waals surface area contributed by atoms with Gasteiger partial charge in [-0.1, -0.05) is 45.4 Å². The second-order valence-corrected chi connectivity index (χ2v) is 6.13. The molecule has 0 aromatic rings. The van der Waals surface area contributed by atoms with Crippen LogP contribution in [0.1, 0.15) is 51.9 Å². The van der Waals surface area contributed by atoms with Crippen molar-refractivity contribution in [1.29, 1.82) is 0 Å². The normalized spacial score (nSPS) is 11.2. The second-order valence-electron chi connectivity index (χ2n) is 3.79. The quantitative estimate of drug-likeness (QED) is 0.402. The van der Waals surface area contributed by atoms with Crippen LogP contribution in [0.4, 0.5) is 0 Å². The van der Waals surface area contributed by atoms with Gasteiger partial charge in [-0.2, -0.15) is 0 Å². The first-order chi connectivity index (χ1) is 7.79. The lowest BCUT2D eigenvalue weighted by Gasteiger charge is -2.03. The van der Waals surface area contributed by atoms with Gasteiger partial charge in [0.1, 0.15) is 0 Å². The van der Waals surface area contributed by atoms with E-state index in [-0.39, 0.29) is 6.16 Å². The fourth-order valence-electron chi connectivity index (χ4n) is 1.27. The van der Waals surface area contributed by atoms with Crippen LogP contribution in [0.15, 0.2) is 0 Å². The minimum absolute atomic E-state index is 0.0563. The fourth-order valence-corrected chi connectivity index (χ4v) is 1.91. The second kappa shape index (κ2) is 12.7. The SMILES string of the molecule is CCCCCCCCCP(=O)(O)O.O=[PH](O)O. The Hall–Kier alpha value is 0.300. The lowest BCUT2D eigenvalue weighted by atomic mass is 10.1. The zero-order chi connectivity index (χ0) is 13.7. The van der Waals surface area contributed by atoms with E-state index in [1.807, 2.05) is 0 Å². The van der Waals surface area contributed by atoms with E-state index in [1.165, 1.54) is 25.7 Å². The molecular formula is C9H24O6P2. The van der Waals surface area contributed by atoms with E-state index in [2.05, 4.69) is 6.92 Å². The number of unbranched alkanes of at least 4 members (excludes halogenated alkanes) is 6. The van der Waals surface area contributed by atoms with E-state index in [0.717, 1.165) is 12.8 Å². The van der Waals surface area contributed by atoms with Crippen LogP contribution in [0.5, 0.6) is 0 Å². The van der Waals surface area contributed by atoms with E-state index in [9.17, 15) is 4.57 Å². The number of rotatable bonds is 8. The molecular weight excluding hydrogens is 266 g/mol. The average molecular weight is 290 g/mol. The molecule has 0 heterocycles. The first-order valence-corrected chi connectivity index (χ1v) is 8.86. The van der Waals surface area contributed by atoms with E-state index >= 15 is 0 Å². The van der Waals surface area contributed by atoms with E-state index in [0.29, 0.717) is 6.42 Å². The van der Waals surface area contributed by atoms with Gasteiger partial charge in [0.2, 0.25) is 0 Å². The highest BCUT2D eigenvalue weighted by Crippen LogP contribution is 2.35. The third-order valence-electron chi connectivity index (χ3n) is 2.05. The molecule has 0 aromatic heterocycles. The summed E-state index contributed by atoms with van der Waals surface area (Å²) in [5, 5.41) is 0. The van der Waals surface area contributed by atoms with Crippen molar-refractivity contribution in [3.05, 3.63) is 0 Å². The van der Waals surface area contributed by atoms with Crippen LogP contribution in [0, 0.1) is 0 Å². The zero-order valence-corrected chi connectivity index (χ0v) is 12.1. The van der Waals surface area contributed by atoms with Gasteiger partial charge in [-0.05, 0) is 6.42 Å². The molecule has 0 aliphatic carbocycles. The van der Waals surface area contributed by atoms with Gasteiger partial charge in [0.15, 0.2) is 0 Å². The van der Waals surface area contributed by atoms with Gasteiger partial charge < -0.3 is 19.6 Å². The van der Waals surface area contributed by atoms with Crippen molar-refractivity contribution in [1.82, 2.24) is 0 Å². The maximum atomic E-state index is 10.5. The van der Waals surface area contributed by atoms with Crippen molar-refractivity contribution < 1.29 is 28.7 Å². The van der Waals surface area contributed by atoms with Crippen LogP contribution >= 0.6 is 15.9 Å². The number of hydrogen-bond donors (Lipinski definition) is 4. The molecule has 0 fully saturated rings. The predicted octanol–water partition coefficient (Wildman–Crippen LogP) is 2.28. The molecule has 0 saturated heterocycles. The highest BCUT2D eigenvalue weighted by atomic mass is 31.2. The Morgan fingerprint density at radius 3 is 1.65 bits per heavy atom. The van der Waals surface area contributed by atoms with Crippen LogP contribution in [0.2, 0.25) is 0 Å². The Morgan fingerprint density at radius 1 is 0.941 bits per heavy atom. The summed E-state index contributed by atoms with van der Waals surface area (Å²) in [6.45, 7) is 2.17. The lowest BCUT2D eigenvalue weighted by Crippen LogP contribution is -1.88. The fraction of sp³-hybridized carbons (Fsp3) is 1.00. The summed E-state index contributed by atoms with van der Waals surface area (Å²) in [6, 6.07) is 0. The van der Waals surface area contributed by atoms with Crippen molar-refractivity contribution in [2.45, 2.75) is 51.9 Å². The summed E-state index contributed by atoms with van der Waals surface area (Å²) in [5.74, 6) is 0. The first kappa shape index (κ1) is 19.6. The molecule has 0 unspecified atom stereocenters. The third-order valence-corrected chi connectivity index (χ3v) is 2.95. The zero-order valence-electron chi connectivity index (χ0n) is 10.2. The van der Waals surface area contributed by atoms with Crippen LogP contribution < -0.4 is 0 Å². The molecule has 0 aliphatic heterocycles. The summed E-state index contributed by atoms with van der Waals surface area (Å²) in [7, 11) is -6.86. The van der Waals surface area contributed by atoms with E-state index in [1.54, 1.807) is 0 Å². The van der Waals surface area contributed by atoms with E-state index in [4.69, 9.17) is 24.1 Å². The molecule has 0 aliphatic rings. The Kier molecular flexibility index (Phi) is 14.7. The molecule has 6 nitrogen and oxygen atoms in total. The predicted molar refractivity (Wildman–Crippen MR) is 68.3 cm³/mol. The van der Waals surface area contributed by atoms with E-state index < -0.39 is 15.9 Å². The summed E-state index contributed by atoms with van der Waals surface area (Å²) < 4.78 is 19.2. The molecule has 0 bridgehead atoms. The largest absolute Gasteiger partial charge is 0.326 e. The van der Waals surface area contributed by atoms with Crippen LogP contribution in [-0.2, 0) is 9.13 Å². The van der Waals surface area contributed by atoms with Crippen molar-refractivity contribution in [3.8, 4) is 0 Å². The standard InChI is InChI=1S/C9H21O3P.H3O3P/c1-2-3-4-5-6-7-8-9-13(10,11)12;1-4(2)3/h2-9H2,1H3,(H2,10,11,12);4H,(H2,1,2,3). The van der Waals surface area contributed by atoms with Crippen molar-refractivity contribution in [3.63, 3.8) is 0 Å². The van der Waals surface area contributed by atoms with Crippen molar-refractivity contribution in [2.24, 2.45) is 0 Å². The molecule has 0 aromatic carbocycles. The Balaban J connectivity index is 0. The average Bonchev–Trinajstić information content (AvgIpc) is 2.14. The van der Waals surface area contributed by atoms with Crippen molar-refractivity contribution in [2.75, 3.05) is 6.16 Å². The maximum Gasteiger partial charge on any atom is 0.325 e. The summed E-state index contributed by atoms with van der Waals surface area (Å²) in [6.07, 6.45) is 7.76. The summed E-state index contributed by atoms with van der Waals surface area (Å²) in [4.78, 5) is 31.5. The Morgan fingerprint density at radius 2 is 1.29 bits per heavy atom.